The maximum atomic E-state index is 6.42. The van der Waals surface area contributed by atoms with Crippen molar-refractivity contribution >= 4 is 11.6 Å². The molecule has 2 saturated carbocycles. The quantitative estimate of drug-likeness (QED) is 0.772. The van der Waals surface area contributed by atoms with Gasteiger partial charge in [0.2, 0.25) is 0 Å². The second-order valence-corrected chi connectivity index (χ2v) is 5.81. The Hall–Kier alpha value is -0.530. The molecule has 0 bridgehead atoms. The van der Waals surface area contributed by atoms with Crippen LogP contribution in [0, 0.1) is 5.41 Å². The van der Waals surface area contributed by atoms with E-state index in [1.165, 1.54) is 24.8 Å². The van der Waals surface area contributed by atoms with Crippen LogP contribution < -0.4 is 5.73 Å². The number of hydrogen-bond acceptors (Lipinski definition) is 1. The highest BCUT2D eigenvalue weighted by atomic mass is 35.5. The van der Waals surface area contributed by atoms with E-state index in [-0.39, 0.29) is 5.54 Å². The van der Waals surface area contributed by atoms with Gasteiger partial charge in [-0.05, 0) is 48.8 Å². The van der Waals surface area contributed by atoms with Crippen LogP contribution in [0.2, 0.25) is 5.02 Å². The van der Waals surface area contributed by atoms with Crippen LogP contribution in [0.25, 0.3) is 0 Å². The Balaban J connectivity index is 1.83. The summed E-state index contributed by atoms with van der Waals surface area (Å²) in [5.41, 5.74) is 8.15. The molecule has 2 fully saturated rings. The second kappa shape index (κ2) is 2.99. The van der Waals surface area contributed by atoms with Crippen molar-refractivity contribution in [2.24, 2.45) is 11.1 Å². The summed E-state index contributed by atoms with van der Waals surface area (Å²) < 4.78 is 0. The molecule has 0 atom stereocenters. The van der Waals surface area contributed by atoms with Gasteiger partial charge in [-0.1, -0.05) is 30.2 Å². The van der Waals surface area contributed by atoms with Crippen molar-refractivity contribution in [1.82, 2.24) is 0 Å². The van der Waals surface area contributed by atoms with E-state index in [2.05, 4.69) is 6.07 Å². The van der Waals surface area contributed by atoms with Gasteiger partial charge in [-0.15, -0.1) is 0 Å². The molecule has 0 amide bonds. The molecule has 0 saturated heterocycles. The van der Waals surface area contributed by atoms with Crippen molar-refractivity contribution in [3.05, 3.63) is 34.9 Å². The molecule has 0 radical (unpaired) electrons. The lowest BCUT2D eigenvalue weighted by molar-refractivity contribution is -0.0462. The Morgan fingerprint density at radius 2 is 1.93 bits per heavy atom. The number of benzene rings is 1. The average molecular weight is 222 g/mol. The van der Waals surface area contributed by atoms with E-state index in [4.69, 9.17) is 17.3 Å². The Morgan fingerprint density at radius 1 is 1.20 bits per heavy atom. The van der Waals surface area contributed by atoms with E-state index in [1.54, 1.807) is 0 Å². The molecule has 0 aliphatic heterocycles. The molecule has 2 aliphatic rings. The molecule has 3 rings (SSSR count). The van der Waals surface area contributed by atoms with Gasteiger partial charge in [0.25, 0.3) is 0 Å². The van der Waals surface area contributed by atoms with Crippen molar-refractivity contribution in [2.75, 3.05) is 0 Å². The minimum absolute atomic E-state index is 0.0919. The lowest BCUT2D eigenvalue weighted by atomic mass is 9.47. The van der Waals surface area contributed by atoms with Crippen LogP contribution in [0.15, 0.2) is 24.3 Å². The minimum Gasteiger partial charge on any atom is -0.321 e. The molecule has 0 unspecified atom stereocenters. The normalized spacial score (nSPS) is 25.7. The SMILES string of the molecule is NC1(c2cccc(Cl)c2)CC2(CCC2)C1. The average Bonchev–Trinajstić information content (AvgIpc) is 2.10. The summed E-state index contributed by atoms with van der Waals surface area (Å²) in [6, 6.07) is 8.04. The summed E-state index contributed by atoms with van der Waals surface area (Å²) >= 11 is 6.00. The van der Waals surface area contributed by atoms with Crippen LogP contribution in [0.3, 0.4) is 0 Å². The number of rotatable bonds is 1. The smallest absolute Gasteiger partial charge is 0.0420 e. The molecule has 1 nitrogen and oxygen atoms in total. The van der Waals surface area contributed by atoms with Crippen LogP contribution in [0.1, 0.15) is 37.7 Å². The molecule has 2 aliphatic carbocycles. The summed E-state index contributed by atoms with van der Waals surface area (Å²) in [5, 5.41) is 0.798. The zero-order chi connectivity index (χ0) is 10.5. The Morgan fingerprint density at radius 3 is 2.47 bits per heavy atom. The fourth-order valence-corrected chi connectivity index (χ4v) is 3.51. The molecule has 1 aromatic rings. The Labute approximate surface area is 95.6 Å². The van der Waals surface area contributed by atoms with E-state index in [0.29, 0.717) is 5.41 Å². The first kappa shape index (κ1) is 9.68. The first-order valence-electron chi connectivity index (χ1n) is 5.67. The lowest BCUT2D eigenvalue weighted by Gasteiger charge is -2.60. The molecule has 0 aromatic heterocycles. The first-order chi connectivity index (χ1) is 7.12. The molecule has 2 N–H and O–H groups in total. The van der Waals surface area contributed by atoms with Gasteiger partial charge in [-0.25, -0.2) is 0 Å². The number of halogens is 1. The van der Waals surface area contributed by atoms with Gasteiger partial charge in [0.15, 0.2) is 0 Å². The Bertz CT molecular complexity index is 387. The monoisotopic (exact) mass is 221 g/mol. The third kappa shape index (κ3) is 1.41. The topological polar surface area (TPSA) is 26.0 Å². The second-order valence-electron chi connectivity index (χ2n) is 5.37. The fraction of sp³-hybridized carbons (Fsp3) is 0.538. The van der Waals surface area contributed by atoms with Crippen LogP contribution in [0.4, 0.5) is 0 Å². The molecule has 80 valence electrons. The number of nitrogens with two attached hydrogens (primary N) is 1. The number of hydrogen-bond donors (Lipinski definition) is 1. The van der Waals surface area contributed by atoms with Crippen LogP contribution in [-0.4, -0.2) is 0 Å². The fourth-order valence-electron chi connectivity index (χ4n) is 3.32. The maximum Gasteiger partial charge on any atom is 0.0420 e. The van der Waals surface area contributed by atoms with E-state index >= 15 is 0 Å². The predicted octanol–water partition coefficient (Wildman–Crippen LogP) is 3.46. The summed E-state index contributed by atoms with van der Waals surface area (Å²) in [7, 11) is 0. The van der Waals surface area contributed by atoms with Crippen LogP contribution >= 0.6 is 11.6 Å². The zero-order valence-electron chi connectivity index (χ0n) is 8.80. The largest absolute Gasteiger partial charge is 0.321 e. The summed E-state index contributed by atoms with van der Waals surface area (Å²) in [6.45, 7) is 0. The van der Waals surface area contributed by atoms with Crippen LogP contribution in [0.5, 0.6) is 0 Å². The van der Waals surface area contributed by atoms with Gasteiger partial charge in [-0.2, -0.15) is 0 Å². The van der Waals surface area contributed by atoms with E-state index < -0.39 is 0 Å². The Kier molecular flexibility index (Phi) is 1.93. The maximum absolute atomic E-state index is 6.42. The van der Waals surface area contributed by atoms with Crippen molar-refractivity contribution < 1.29 is 0 Å². The molecule has 1 aromatic carbocycles. The van der Waals surface area contributed by atoms with Gasteiger partial charge in [0.1, 0.15) is 0 Å². The van der Waals surface area contributed by atoms with Gasteiger partial charge >= 0.3 is 0 Å². The van der Waals surface area contributed by atoms with E-state index in [9.17, 15) is 0 Å². The van der Waals surface area contributed by atoms with Crippen LogP contribution in [-0.2, 0) is 5.54 Å². The molecule has 1 spiro atoms. The van der Waals surface area contributed by atoms with Gasteiger partial charge in [-0.3, -0.25) is 0 Å². The zero-order valence-corrected chi connectivity index (χ0v) is 9.56. The summed E-state index contributed by atoms with van der Waals surface area (Å²) in [6.07, 6.45) is 6.46. The van der Waals surface area contributed by atoms with E-state index in [0.717, 1.165) is 17.9 Å². The van der Waals surface area contributed by atoms with Crippen molar-refractivity contribution in [3.63, 3.8) is 0 Å². The molecular weight excluding hydrogens is 206 g/mol. The summed E-state index contributed by atoms with van der Waals surface area (Å²) in [4.78, 5) is 0. The van der Waals surface area contributed by atoms with E-state index in [1.807, 2.05) is 18.2 Å². The standard InChI is InChI=1S/C13H16ClN/c14-11-4-1-3-10(7-11)13(15)8-12(9-13)5-2-6-12/h1,3-4,7H,2,5-6,8-9,15H2. The van der Waals surface area contributed by atoms with Crippen molar-refractivity contribution in [3.8, 4) is 0 Å². The predicted molar refractivity (Wildman–Crippen MR) is 62.8 cm³/mol. The highest BCUT2D eigenvalue weighted by Gasteiger charge is 2.55. The molecule has 15 heavy (non-hydrogen) atoms. The van der Waals surface area contributed by atoms with Gasteiger partial charge < -0.3 is 5.73 Å². The van der Waals surface area contributed by atoms with Crippen molar-refractivity contribution in [1.29, 1.82) is 0 Å². The first-order valence-corrected chi connectivity index (χ1v) is 6.05. The highest BCUT2D eigenvalue weighted by Crippen LogP contribution is 2.62. The van der Waals surface area contributed by atoms with Gasteiger partial charge in [0.05, 0.1) is 0 Å². The minimum atomic E-state index is -0.0919. The molecular formula is C13H16ClN. The highest BCUT2D eigenvalue weighted by molar-refractivity contribution is 6.30. The molecule has 2 heteroatoms. The lowest BCUT2D eigenvalue weighted by Crippen LogP contribution is -2.58. The third-order valence-corrected chi connectivity index (χ3v) is 4.43. The van der Waals surface area contributed by atoms with Crippen molar-refractivity contribution in [2.45, 2.75) is 37.6 Å². The molecule has 0 heterocycles. The summed E-state index contributed by atoms with van der Waals surface area (Å²) in [5.74, 6) is 0. The third-order valence-electron chi connectivity index (χ3n) is 4.19. The van der Waals surface area contributed by atoms with Gasteiger partial charge in [0, 0.05) is 10.6 Å².